The van der Waals surface area contributed by atoms with Gasteiger partial charge in [0.1, 0.15) is 30.2 Å². The van der Waals surface area contributed by atoms with Crippen molar-refractivity contribution in [1.29, 1.82) is 0 Å². The maximum atomic E-state index is 5.69. The van der Waals surface area contributed by atoms with Crippen molar-refractivity contribution in [2.45, 2.75) is 0 Å². The average Bonchev–Trinajstić information content (AvgIpc) is 2.91. The molecule has 0 bridgehead atoms. The molecule has 1 aromatic carbocycles. The van der Waals surface area contributed by atoms with Gasteiger partial charge < -0.3 is 15.2 Å². The number of aromatic amines is 1. The molecule has 3 aromatic rings. The zero-order valence-electron chi connectivity index (χ0n) is 11.5. The Morgan fingerprint density at radius 2 is 2.10 bits per heavy atom. The van der Waals surface area contributed by atoms with Crippen LogP contribution < -0.4 is 10.5 Å². The van der Waals surface area contributed by atoms with Crippen molar-refractivity contribution in [3.05, 3.63) is 30.6 Å². The zero-order chi connectivity index (χ0) is 14.7. The summed E-state index contributed by atoms with van der Waals surface area (Å²) >= 11 is 0. The summed E-state index contributed by atoms with van der Waals surface area (Å²) in [5.41, 5.74) is 7.98. The summed E-state index contributed by atoms with van der Waals surface area (Å²) in [7, 11) is 1.64. The molecule has 0 fully saturated rings. The number of nitrogens with zero attached hydrogens (tertiary/aromatic N) is 3. The molecule has 2 aromatic heterocycles. The van der Waals surface area contributed by atoms with Gasteiger partial charge in [0.25, 0.3) is 0 Å². The molecule has 0 amide bonds. The number of hydrogen-bond acceptors (Lipinski definition) is 6. The van der Waals surface area contributed by atoms with Crippen molar-refractivity contribution in [2.24, 2.45) is 0 Å². The van der Waals surface area contributed by atoms with E-state index in [4.69, 9.17) is 15.2 Å². The van der Waals surface area contributed by atoms with Crippen molar-refractivity contribution in [1.82, 2.24) is 20.2 Å². The summed E-state index contributed by atoms with van der Waals surface area (Å²) in [6.45, 7) is 1.04. The molecule has 0 saturated heterocycles. The molecule has 3 rings (SSSR count). The number of aromatic nitrogens is 4. The van der Waals surface area contributed by atoms with Gasteiger partial charge in [0, 0.05) is 18.6 Å². The number of H-pyrrole nitrogens is 1. The Balaban J connectivity index is 1.97. The Bertz CT molecular complexity index is 756. The number of anilines is 1. The van der Waals surface area contributed by atoms with Gasteiger partial charge in [-0.25, -0.2) is 9.97 Å². The number of rotatable bonds is 5. The zero-order valence-corrected chi connectivity index (χ0v) is 11.5. The molecular weight excluding hydrogens is 270 g/mol. The third-order valence-electron chi connectivity index (χ3n) is 3.02. The second-order valence-corrected chi connectivity index (χ2v) is 4.45. The number of benzene rings is 1. The van der Waals surface area contributed by atoms with Crippen LogP contribution in [0.5, 0.6) is 5.75 Å². The van der Waals surface area contributed by atoms with Crippen LogP contribution in [-0.4, -0.2) is 40.5 Å². The first-order valence-corrected chi connectivity index (χ1v) is 6.45. The largest absolute Gasteiger partial charge is 0.491 e. The highest BCUT2D eigenvalue weighted by Crippen LogP contribution is 2.28. The quantitative estimate of drug-likeness (QED) is 0.691. The molecule has 0 aliphatic carbocycles. The highest BCUT2D eigenvalue weighted by molar-refractivity contribution is 5.93. The minimum Gasteiger partial charge on any atom is -0.491 e. The van der Waals surface area contributed by atoms with Crippen molar-refractivity contribution >= 4 is 16.7 Å². The molecule has 0 atom stereocenters. The lowest BCUT2D eigenvalue weighted by Gasteiger charge is -2.05. The predicted molar refractivity (Wildman–Crippen MR) is 78.9 cm³/mol. The van der Waals surface area contributed by atoms with Crippen molar-refractivity contribution in [3.8, 4) is 17.1 Å². The van der Waals surface area contributed by atoms with E-state index in [0.29, 0.717) is 24.7 Å². The minimum atomic E-state index is 0.406. The molecule has 2 heterocycles. The van der Waals surface area contributed by atoms with E-state index in [1.807, 2.05) is 18.2 Å². The molecule has 0 unspecified atom stereocenters. The first-order chi connectivity index (χ1) is 10.3. The van der Waals surface area contributed by atoms with Gasteiger partial charge in [0.05, 0.1) is 17.8 Å². The van der Waals surface area contributed by atoms with Gasteiger partial charge in [-0.05, 0) is 18.2 Å². The normalized spacial score (nSPS) is 10.9. The Morgan fingerprint density at radius 3 is 2.90 bits per heavy atom. The van der Waals surface area contributed by atoms with E-state index in [2.05, 4.69) is 20.2 Å². The molecule has 108 valence electrons. The maximum Gasteiger partial charge on any atom is 0.127 e. The lowest BCUT2D eigenvalue weighted by Crippen LogP contribution is -2.03. The van der Waals surface area contributed by atoms with Crippen molar-refractivity contribution in [3.63, 3.8) is 0 Å². The van der Waals surface area contributed by atoms with E-state index >= 15 is 0 Å². The van der Waals surface area contributed by atoms with Crippen LogP contribution in [0.25, 0.3) is 22.3 Å². The monoisotopic (exact) mass is 285 g/mol. The third kappa shape index (κ3) is 2.77. The second-order valence-electron chi connectivity index (χ2n) is 4.45. The highest BCUT2D eigenvalue weighted by atomic mass is 16.5. The van der Waals surface area contributed by atoms with Crippen molar-refractivity contribution < 1.29 is 9.47 Å². The minimum absolute atomic E-state index is 0.406. The number of hydrogen-bond donors (Lipinski definition) is 2. The van der Waals surface area contributed by atoms with Crippen LogP contribution in [0.4, 0.5) is 5.82 Å². The van der Waals surface area contributed by atoms with Gasteiger partial charge in [-0.15, -0.1) is 0 Å². The maximum absolute atomic E-state index is 5.69. The number of nitrogens with two attached hydrogens (primary N) is 1. The predicted octanol–water partition coefficient (Wildman–Crippen LogP) is 1.63. The molecule has 0 aliphatic heterocycles. The summed E-state index contributed by atoms with van der Waals surface area (Å²) in [6, 6.07) is 7.41. The number of nitrogen functional groups attached to an aromatic ring is 1. The molecular formula is C14H15N5O2. The SMILES string of the molecule is COCCOc1ccc2[nH]nc(-c3cc(N)ncn3)c2c1. The Labute approximate surface area is 121 Å². The van der Waals surface area contributed by atoms with Crippen LogP contribution in [0, 0.1) is 0 Å². The fourth-order valence-corrected chi connectivity index (χ4v) is 2.02. The molecule has 0 spiro atoms. The van der Waals surface area contributed by atoms with E-state index in [9.17, 15) is 0 Å². The first-order valence-electron chi connectivity index (χ1n) is 6.45. The lowest BCUT2D eigenvalue weighted by atomic mass is 10.1. The Kier molecular flexibility index (Phi) is 3.65. The number of methoxy groups -OCH3 is 1. The average molecular weight is 285 g/mol. The van der Waals surface area contributed by atoms with E-state index in [0.717, 1.165) is 22.3 Å². The molecule has 3 N–H and O–H groups in total. The van der Waals surface area contributed by atoms with Crippen LogP contribution in [0.1, 0.15) is 0 Å². The van der Waals surface area contributed by atoms with Gasteiger partial charge >= 0.3 is 0 Å². The smallest absolute Gasteiger partial charge is 0.127 e. The van der Waals surface area contributed by atoms with Gasteiger partial charge in [0.2, 0.25) is 0 Å². The van der Waals surface area contributed by atoms with E-state index < -0.39 is 0 Å². The van der Waals surface area contributed by atoms with Crippen LogP contribution >= 0.6 is 0 Å². The molecule has 0 saturated carbocycles. The van der Waals surface area contributed by atoms with Crippen LogP contribution in [-0.2, 0) is 4.74 Å². The van der Waals surface area contributed by atoms with Crippen LogP contribution in [0.2, 0.25) is 0 Å². The first kappa shape index (κ1) is 13.3. The Hall–Kier alpha value is -2.67. The summed E-state index contributed by atoms with van der Waals surface area (Å²) in [6.07, 6.45) is 1.42. The molecule has 0 aliphatic rings. The molecule has 0 radical (unpaired) electrons. The lowest BCUT2D eigenvalue weighted by molar-refractivity contribution is 0.146. The van der Waals surface area contributed by atoms with E-state index in [1.165, 1.54) is 6.33 Å². The topological polar surface area (TPSA) is 98.9 Å². The Morgan fingerprint density at radius 1 is 1.19 bits per heavy atom. The van der Waals surface area contributed by atoms with Gasteiger partial charge in [-0.2, -0.15) is 5.10 Å². The second kappa shape index (κ2) is 5.76. The van der Waals surface area contributed by atoms with Crippen molar-refractivity contribution in [2.75, 3.05) is 26.1 Å². The molecule has 7 heteroatoms. The summed E-state index contributed by atoms with van der Waals surface area (Å²) in [5, 5.41) is 8.18. The van der Waals surface area contributed by atoms with E-state index in [1.54, 1.807) is 13.2 Å². The number of ether oxygens (including phenoxy) is 2. The molecule has 7 nitrogen and oxygen atoms in total. The summed E-state index contributed by atoms with van der Waals surface area (Å²) in [5.74, 6) is 1.16. The van der Waals surface area contributed by atoms with Gasteiger partial charge in [-0.1, -0.05) is 0 Å². The van der Waals surface area contributed by atoms with Crippen LogP contribution in [0.15, 0.2) is 30.6 Å². The van der Waals surface area contributed by atoms with Crippen LogP contribution in [0.3, 0.4) is 0 Å². The molecule has 21 heavy (non-hydrogen) atoms. The fraction of sp³-hybridized carbons (Fsp3) is 0.214. The summed E-state index contributed by atoms with van der Waals surface area (Å²) in [4.78, 5) is 8.09. The number of fused-ring (bicyclic) bond motifs is 1. The highest BCUT2D eigenvalue weighted by Gasteiger charge is 2.11. The van der Waals surface area contributed by atoms with Gasteiger partial charge in [0.15, 0.2) is 0 Å². The van der Waals surface area contributed by atoms with Gasteiger partial charge in [-0.3, -0.25) is 5.10 Å². The number of nitrogens with one attached hydrogen (secondary N) is 1. The third-order valence-corrected chi connectivity index (χ3v) is 3.02. The summed E-state index contributed by atoms with van der Waals surface area (Å²) < 4.78 is 10.6. The van der Waals surface area contributed by atoms with E-state index in [-0.39, 0.29) is 0 Å². The standard InChI is InChI=1S/C14H15N5O2/c1-20-4-5-21-9-2-3-11-10(6-9)14(19-18-11)12-7-13(15)17-8-16-12/h2-3,6-8H,4-5H2,1H3,(H,18,19)(H2,15,16,17). The fourth-order valence-electron chi connectivity index (χ4n) is 2.02.